The molecule has 0 spiro atoms. The Balaban J connectivity index is 2.22. The van der Waals surface area contributed by atoms with Gasteiger partial charge in [-0.1, -0.05) is 6.07 Å². The summed E-state index contributed by atoms with van der Waals surface area (Å²) in [6.45, 7) is 5.97. The Morgan fingerprint density at radius 2 is 1.92 bits per heavy atom. The highest BCUT2D eigenvalue weighted by molar-refractivity contribution is 7.89. The van der Waals surface area contributed by atoms with E-state index in [1.807, 2.05) is 13.8 Å². The second-order valence-electron chi connectivity index (χ2n) is 6.01. The highest BCUT2D eigenvalue weighted by Gasteiger charge is 2.36. The lowest BCUT2D eigenvalue weighted by atomic mass is 10.1. The Hall–Kier alpha value is -1.55. The number of nitro groups is 1. The average Bonchev–Trinajstić information content (AvgIpc) is 2.54. The molecule has 24 heavy (non-hydrogen) atoms. The van der Waals surface area contributed by atoms with E-state index in [0.29, 0.717) is 19.7 Å². The van der Waals surface area contributed by atoms with E-state index in [0.717, 1.165) is 12.6 Å². The van der Waals surface area contributed by atoms with Crippen molar-refractivity contribution in [2.45, 2.75) is 30.8 Å². The van der Waals surface area contributed by atoms with Gasteiger partial charge in [-0.25, -0.2) is 8.42 Å². The fraction of sp³-hybridized carbons (Fsp3) is 0.600. The summed E-state index contributed by atoms with van der Waals surface area (Å²) in [6.07, 6.45) is 0. The monoisotopic (exact) mass is 357 g/mol. The second kappa shape index (κ2) is 7.56. The predicted molar refractivity (Wildman–Crippen MR) is 89.4 cm³/mol. The van der Waals surface area contributed by atoms with Gasteiger partial charge >= 0.3 is 0 Å². The maximum atomic E-state index is 12.8. The zero-order valence-corrected chi connectivity index (χ0v) is 14.9. The molecule has 8 nitrogen and oxygen atoms in total. The summed E-state index contributed by atoms with van der Waals surface area (Å²) < 4.78 is 32.2. The Kier molecular flexibility index (Phi) is 5.92. The molecule has 1 fully saturated rings. The van der Waals surface area contributed by atoms with Crippen molar-refractivity contribution in [2.24, 2.45) is 0 Å². The van der Waals surface area contributed by atoms with Crippen molar-refractivity contribution in [3.63, 3.8) is 0 Å². The highest BCUT2D eigenvalue weighted by atomic mass is 32.2. The van der Waals surface area contributed by atoms with E-state index in [1.165, 1.54) is 22.5 Å². The number of methoxy groups -OCH3 is 1. The first-order valence-electron chi connectivity index (χ1n) is 7.76. The van der Waals surface area contributed by atoms with Crippen molar-refractivity contribution in [3.8, 4) is 0 Å². The van der Waals surface area contributed by atoms with Crippen molar-refractivity contribution >= 4 is 15.7 Å². The number of non-ortho nitro benzene ring substituents is 1. The van der Waals surface area contributed by atoms with Crippen LogP contribution in [0.1, 0.15) is 13.8 Å². The fourth-order valence-electron chi connectivity index (χ4n) is 3.05. The van der Waals surface area contributed by atoms with E-state index in [-0.39, 0.29) is 22.7 Å². The van der Waals surface area contributed by atoms with Gasteiger partial charge in [0.1, 0.15) is 0 Å². The molecular weight excluding hydrogens is 334 g/mol. The van der Waals surface area contributed by atoms with E-state index < -0.39 is 14.9 Å². The van der Waals surface area contributed by atoms with Crippen molar-refractivity contribution in [3.05, 3.63) is 34.4 Å². The van der Waals surface area contributed by atoms with E-state index in [4.69, 9.17) is 4.74 Å². The van der Waals surface area contributed by atoms with Crippen LogP contribution in [0.3, 0.4) is 0 Å². The summed E-state index contributed by atoms with van der Waals surface area (Å²) in [6, 6.07) is 5.27. The smallest absolute Gasteiger partial charge is 0.270 e. The number of rotatable bonds is 6. The molecule has 1 aliphatic heterocycles. The molecule has 0 radical (unpaired) electrons. The van der Waals surface area contributed by atoms with Crippen LogP contribution in [0, 0.1) is 10.1 Å². The van der Waals surface area contributed by atoms with Gasteiger partial charge in [0.25, 0.3) is 5.69 Å². The molecule has 0 aliphatic carbocycles. The molecule has 0 saturated carbocycles. The standard InChI is InChI=1S/C15H23N3O5S/c1-12-10-16(11-13(2)17(12)7-8-23-3)24(21,22)15-6-4-5-14(9-15)18(19)20/h4-6,9,12-13H,7-8,10-11H2,1-3H3. The second-order valence-corrected chi connectivity index (χ2v) is 7.94. The summed E-state index contributed by atoms with van der Waals surface area (Å²) >= 11 is 0. The predicted octanol–water partition coefficient (Wildman–Crippen LogP) is 1.32. The van der Waals surface area contributed by atoms with Gasteiger partial charge in [0.05, 0.1) is 16.4 Å². The lowest BCUT2D eigenvalue weighted by molar-refractivity contribution is -0.385. The SMILES string of the molecule is COCCN1C(C)CN(S(=O)(=O)c2cccc([N+](=O)[O-])c2)CC1C. The fourth-order valence-corrected chi connectivity index (χ4v) is 4.69. The number of piperazine rings is 1. The molecule has 134 valence electrons. The summed E-state index contributed by atoms with van der Waals surface area (Å²) in [5.74, 6) is 0. The average molecular weight is 357 g/mol. The molecule has 2 rings (SSSR count). The van der Waals surface area contributed by atoms with Crippen LogP contribution in [-0.4, -0.2) is 68.0 Å². The lowest BCUT2D eigenvalue weighted by Crippen LogP contribution is -2.58. The summed E-state index contributed by atoms with van der Waals surface area (Å²) in [4.78, 5) is 12.5. The molecule has 1 aliphatic rings. The third-order valence-electron chi connectivity index (χ3n) is 4.29. The molecule has 2 unspecified atom stereocenters. The van der Waals surface area contributed by atoms with Crippen LogP contribution in [0.25, 0.3) is 0 Å². The molecule has 0 bridgehead atoms. The maximum absolute atomic E-state index is 12.8. The minimum Gasteiger partial charge on any atom is -0.383 e. The number of hydrogen-bond donors (Lipinski definition) is 0. The molecule has 2 atom stereocenters. The van der Waals surface area contributed by atoms with E-state index >= 15 is 0 Å². The number of benzene rings is 1. The lowest BCUT2D eigenvalue weighted by Gasteiger charge is -2.43. The van der Waals surface area contributed by atoms with Crippen molar-refractivity contribution < 1.29 is 18.1 Å². The molecule has 1 aromatic carbocycles. The van der Waals surface area contributed by atoms with Gasteiger partial charge in [-0.3, -0.25) is 15.0 Å². The van der Waals surface area contributed by atoms with Gasteiger partial charge in [0.15, 0.2) is 0 Å². The minimum absolute atomic E-state index is 0.0392. The number of sulfonamides is 1. The zero-order valence-electron chi connectivity index (χ0n) is 14.1. The molecular formula is C15H23N3O5S. The van der Waals surface area contributed by atoms with Gasteiger partial charge in [0, 0.05) is 51.0 Å². The number of hydrogen-bond acceptors (Lipinski definition) is 6. The first-order chi connectivity index (χ1) is 11.3. The maximum Gasteiger partial charge on any atom is 0.270 e. The largest absolute Gasteiger partial charge is 0.383 e. The third-order valence-corrected chi connectivity index (χ3v) is 6.12. The zero-order chi connectivity index (χ0) is 17.9. The Bertz CT molecular complexity index is 682. The minimum atomic E-state index is -3.76. The van der Waals surface area contributed by atoms with E-state index in [2.05, 4.69) is 4.90 Å². The first-order valence-corrected chi connectivity index (χ1v) is 9.20. The van der Waals surface area contributed by atoms with Crippen molar-refractivity contribution in [1.82, 2.24) is 9.21 Å². The third kappa shape index (κ3) is 3.92. The quantitative estimate of drug-likeness (QED) is 0.563. The summed E-state index contributed by atoms with van der Waals surface area (Å²) in [5.41, 5.74) is -0.226. The Labute approximate surface area is 142 Å². The van der Waals surface area contributed by atoms with Crippen LogP contribution < -0.4 is 0 Å². The molecule has 0 amide bonds. The molecule has 1 heterocycles. The van der Waals surface area contributed by atoms with Gasteiger partial charge in [-0.05, 0) is 19.9 Å². The van der Waals surface area contributed by atoms with E-state index in [1.54, 1.807) is 7.11 Å². The Morgan fingerprint density at radius 1 is 1.29 bits per heavy atom. The van der Waals surface area contributed by atoms with Gasteiger partial charge < -0.3 is 4.74 Å². The summed E-state index contributed by atoms with van der Waals surface area (Å²) in [5, 5.41) is 10.9. The van der Waals surface area contributed by atoms with Gasteiger partial charge in [-0.15, -0.1) is 0 Å². The van der Waals surface area contributed by atoms with Gasteiger partial charge in [0.2, 0.25) is 10.0 Å². The number of ether oxygens (including phenoxy) is 1. The van der Waals surface area contributed by atoms with E-state index in [9.17, 15) is 18.5 Å². The first kappa shape index (κ1) is 18.8. The van der Waals surface area contributed by atoms with Crippen LogP contribution in [0.15, 0.2) is 29.2 Å². The van der Waals surface area contributed by atoms with Crippen molar-refractivity contribution in [2.75, 3.05) is 33.4 Å². The van der Waals surface area contributed by atoms with Crippen molar-refractivity contribution in [1.29, 1.82) is 0 Å². The molecule has 1 saturated heterocycles. The molecule has 9 heteroatoms. The normalized spacial score (nSPS) is 23.3. The highest BCUT2D eigenvalue weighted by Crippen LogP contribution is 2.25. The van der Waals surface area contributed by atoms with Crippen LogP contribution in [-0.2, 0) is 14.8 Å². The number of nitrogens with zero attached hydrogens (tertiary/aromatic N) is 3. The molecule has 0 N–H and O–H groups in total. The van der Waals surface area contributed by atoms with Crippen LogP contribution in [0.4, 0.5) is 5.69 Å². The summed E-state index contributed by atoms with van der Waals surface area (Å²) in [7, 11) is -2.12. The Morgan fingerprint density at radius 3 is 2.46 bits per heavy atom. The van der Waals surface area contributed by atoms with Crippen LogP contribution in [0.2, 0.25) is 0 Å². The topological polar surface area (TPSA) is 93.0 Å². The molecule has 0 aromatic heterocycles. The van der Waals surface area contributed by atoms with Crippen LogP contribution >= 0.6 is 0 Å². The van der Waals surface area contributed by atoms with Gasteiger partial charge in [-0.2, -0.15) is 4.31 Å². The van der Waals surface area contributed by atoms with Crippen LogP contribution in [0.5, 0.6) is 0 Å². The molecule has 1 aromatic rings. The number of nitro benzene ring substituents is 1.